The van der Waals surface area contributed by atoms with Crippen molar-refractivity contribution in [2.24, 2.45) is 5.73 Å². The Morgan fingerprint density at radius 3 is 2.76 bits per heavy atom. The number of rotatable bonds is 3. The first kappa shape index (κ1) is 12.3. The minimum Gasteiger partial charge on any atom is -0.354 e. The van der Waals surface area contributed by atoms with Gasteiger partial charge in [0.15, 0.2) is 0 Å². The van der Waals surface area contributed by atoms with Crippen LogP contribution >= 0.6 is 0 Å². The molecule has 94 valence electrons. The number of nitrogens with zero attached hydrogens (tertiary/aromatic N) is 2. The molecule has 4 nitrogen and oxygen atoms in total. The van der Waals surface area contributed by atoms with Crippen LogP contribution < -0.4 is 16.0 Å². The van der Waals surface area contributed by atoms with Gasteiger partial charge in [0.2, 0.25) is 0 Å². The van der Waals surface area contributed by atoms with Crippen LogP contribution in [0.1, 0.15) is 30.5 Å². The molecule has 4 heteroatoms. The Labute approximate surface area is 103 Å². The molecule has 1 saturated heterocycles. The fourth-order valence-electron chi connectivity index (χ4n) is 2.23. The molecular weight excluding hydrogens is 212 g/mol. The Balaban J connectivity index is 2.17. The van der Waals surface area contributed by atoms with Crippen molar-refractivity contribution in [3.05, 3.63) is 23.4 Å². The molecule has 1 aliphatic heterocycles. The third kappa shape index (κ3) is 2.76. The lowest BCUT2D eigenvalue weighted by Crippen LogP contribution is -2.43. The fourth-order valence-corrected chi connectivity index (χ4v) is 2.23. The van der Waals surface area contributed by atoms with Gasteiger partial charge in [-0.05, 0) is 30.5 Å². The first-order chi connectivity index (χ1) is 8.22. The summed E-state index contributed by atoms with van der Waals surface area (Å²) in [5.41, 5.74) is 8.49. The number of pyridine rings is 1. The minimum atomic E-state index is 0.111. The summed E-state index contributed by atoms with van der Waals surface area (Å²) in [6, 6.07) is 2.27. The molecule has 0 aromatic carbocycles. The summed E-state index contributed by atoms with van der Waals surface area (Å²) in [6.45, 7) is 8.37. The molecule has 0 spiro atoms. The van der Waals surface area contributed by atoms with Crippen molar-refractivity contribution < 1.29 is 0 Å². The lowest BCUT2D eigenvalue weighted by Gasteiger charge is -2.29. The number of nitrogens with two attached hydrogens (primary N) is 1. The van der Waals surface area contributed by atoms with Crippen LogP contribution in [-0.4, -0.2) is 31.2 Å². The lowest BCUT2D eigenvalue weighted by atomic mass is 10.0. The first-order valence-corrected chi connectivity index (χ1v) is 6.40. The predicted molar refractivity (Wildman–Crippen MR) is 71.3 cm³/mol. The van der Waals surface area contributed by atoms with Gasteiger partial charge in [0, 0.05) is 38.4 Å². The molecule has 0 radical (unpaired) electrons. The maximum absolute atomic E-state index is 6.06. The van der Waals surface area contributed by atoms with E-state index >= 15 is 0 Å². The van der Waals surface area contributed by atoms with Gasteiger partial charge in [0.25, 0.3) is 0 Å². The Morgan fingerprint density at radius 1 is 1.47 bits per heavy atom. The normalized spacial score (nSPS) is 18.2. The number of hydrogen-bond donors (Lipinski definition) is 2. The molecule has 0 aliphatic carbocycles. The van der Waals surface area contributed by atoms with Crippen molar-refractivity contribution in [1.29, 1.82) is 0 Å². The fraction of sp³-hybridized carbons (Fsp3) is 0.615. The quantitative estimate of drug-likeness (QED) is 0.825. The number of aromatic nitrogens is 1. The van der Waals surface area contributed by atoms with Crippen LogP contribution in [-0.2, 0) is 0 Å². The zero-order valence-electron chi connectivity index (χ0n) is 10.7. The summed E-state index contributed by atoms with van der Waals surface area (Å²) in [5, 5.41) is 3.35. The number of piperazine rings is 1. The number of hydrogen-bond acceptors (Lipinski definition) is 4. The van der Waals surface area contributed by atoms with Gasteiger partial charge in [-0.3, -0.25) is 0 Å². The zero-order valence-corrected chi connectivity index (χ0v) is 10.7. The van der Waals surface area contributed by atoms with Gasteiger partial charge in [0.1, 0.15) is 5.82 Å². The maximum atomic E-state index is 6.06. The van der Waals surface area contributed by atoms with E-state index < -0.39 is 0 Å². The monoisotopic (exact) mass is 234 g/mol. The van der Waals surface area contributed by atoms with Gasteiger partial charge in [-0.1, -0.05) is 6.92 Å². The molecule has 17 heavy (non-hydrogen) atoms. The molecule has 3 N–H and O–H groups in total. The molecule has 1 atom stereocenters. The van der Waals surface area contributed by atoms with Gasteiger partial charge in [-0.15, -0.1) is 0 Å². The second kappa shape index (κ2) is 5.47. The van der Waals surface area contributed by atoms with E-state index in [9.17, 15) is 0 Å². The summed E-state index contributed by atoms with van der Waals surface area (Å²) in [6.07, 6.45) is 2.90. The molecule has 0 bridgehead atoms. The minimum absolute atomic E-state index is 0.111. The number of aryl methyl sites for hydroxylation is 1. The van der Waals surface area contributed by atoms with Crippen LogP contribution in [0.25, 0.3) is 0 Å². The van der Waals surface area contributed by atoms with E-state index in [4.69, 9.17) is 5.73 Å². The molecule has 0 saturated carbocycles. The summed E-state index contributed by atoms with van der Waals surface area (Å²) in [7, 11) is 0. The molecule has 1 aromatic rings. The lowest BCUT2D eigenvalue weighted by molar-refractivity contribution is 0.584. The highest BCUT2D eigenvalue weighted by Crippen LogP contribution is 2.21. The highest BCUT2D eigenvalue weighted by Gasteiger charge is 2.14. The van der Waals surface area contributed by atoms with Crippen LogP contribution in [0.5, 0.6) is 0 Å². The number of nitrogens with one attached hydrogen (secondary N) is 1. The summed E-state index contributed by atoms with van der Waals surface area (Å²) < 4.78 is 0. The average Bonchev–Trinajstić information content (AvgIpc) is 2.39. The molecular formula is C13H22N4. The second-order valence-electron chi connectivity index (χ2n) is 4.65. The largest absolute Gasteiger partial charge is 0.354 e. The zero-order chi connectivity index (χ0) is 12.3. The van der Waals surface area contributed by atoms with Crippen molar-refractivity contribution in [2.45, 2.75) is 26.3 Å². The summed E-state index contributed by atoms with van der Waals surface area (Å²) in [5.74, 6) is 1.08. The van der Waals surface area contributed by atoms with E-state index in [1.54, 1.807) is 0 Å². The highest BCUT2D eigenvalue weighted by molar-refractivity contribution is 5.44. The Bertz CT molecular complexity index is 372. The van der Waals surface area contributed by atoms with Gasteiger partial charge in [-0.25, -0.2) is 4.98 Å². The molecule has 1 fully saturated rings. The Morgan fingerprint density at radius 2 is 2.18 bits per heavy atom. The van der Waals surface area contributed by atoms with Crippen LogP contribution in [0, 0.1) is 6.92 Å². The molecule has 2 rings (SSSR count). The summed E-state index contributed by atoms with van der Waals surface area (Å²) >= 11 is 0. The predicted octanol–water partition coefficient (Wildman–Crippen LogP) is 1.21. The molecule has 2 heterocycles. The third-order valence-electron chi connectivity index (χ3n) is 3.42. The molecule has 0 unspecified atom stereocenters. The summed E-state index contributed by atoms with van der Waals surface area (Å²) in [4.78, 5) is 6.87. The maximum Gasteiger partial charge on any atom is 0.128 e. The van der Waals surface area contributed by atoms with E-state index in [0.717, 1.165) is 38.4 Å². The molecule has 1 aliphatic rings. The van der Waals surface area contributed by atoms with E-state index in [2.05, 4.69) is 35.1 Å². The van der Waals surface area contributed by atoms with Gasteiger partial charge in [0.05, 0.1) is 0 Å². The Kier molecular flexibility index (Phi) is 3.97. The standard InChI is InChI=1S/C13H22N4/c1-3-12(14)11-9-16-13(8-10(11)2)17-6-4-15-5-7-17/h8-9,12,15H,3-7,14H2,1-2H3/t12-/m1/s1. The Hall–Kier alpha value is -1.13. The van der Waals surface area contributed by atoms with Crippen molar-refractivity contribution in [1.82, 2.24) is 10.3 Å². The van der Waals surface area contributed by atoms with Crippen molar-refractivity contribution in [2.75, 3.05) is 31.1 Å². The highest BCUT2D eigenvalue weighted by atomic mass is 15.2. The average molecular weight is 234 g/mol. The van der Waals surface area contributed by atoms with Crippen molar-refractivity contribution in [3.8, 4) is 0 Å². The van der Waals surface area contributed by atoms with Crippen LogP contribution in [0.4, 0.5) is 5.82 Å². The van der Waals surface area contributed by atoms with E-state index in [1.165, 1.54) is 11.1 Å². The van der Waals surface area contributed by atoms with Crippen LogP contribution in [0.3, 0.4) is 0 Å². The topological polar surface area (TPSA) is 54.2 Å². The molecule has 0 amide bonds. The smallest absolute Gasteiger partial charge is 0.128 e. The van der Waals surface area contributed by atoms with E-state index in [0.29, 0.717) is 0 Å². The van der Waals surface area contributed by atoms with Gasteiger partial charge in [-0.2, -0.15) is 0 Å². The molecule has 1 aromatic heterocycles. The van der Waals surface area contributed by atoms with Crippen molar-refractivity contribution in [3.63, 3.8) is 0 Å². The second-order valence-corrected chi connectivity index (χ2v) is 4.65. The number of anilines is 1. The van der Waals surface area contributed by atoms with Gasteiger partial charge < -0.3 is 16.0 Å². The third-order valence-corrected chi connectivity index (χ3v) is 3.42. The van der Waals surface area contributed by atoms with Crippen LogP contribution in [0.15, 0.2) is 12.3 Å². The SMILES string of the molecule is CC[C@@H](N)c1cnc(N2CCNCC2)cc1C. The van der Waals surface area contributed by atoms with Crippen molar-refractivity contribution >= 4 is 5.82 Å². The van der Waals surface area contributed by atoms with E-state index in [-0.39, 0.29) is 6.04 Å². The van der Waals surface area contributed by atoms with E-state index in [1.807, 2.05) is 6.20 Å². The van der Waals surface area contributed by atoms with Crippen LogP contribution in [0.2, 0.25) is 0 Å². The van der Waals surface area contributed by atoms with Gasteiger partial charge >= 0.3 is 0 Å². The first-order valence-electron chi connectivity index (χ1n) is 6.40.